The molecule has 1 atom stereocenters. The third-order valence-corrected chi connectivity index (χ3v) is 3.94. The molecule has 2 fully saturated rings. The van der Waals surface area contributed by atoms with Gasteiger partial charge in [0.25, 0.3) is 0 Å². The van der Waals surface area contributed by atoms with Gasteiger partial charge in [0.05, 0.1) is 0 Å². The van der Waals surface area contributed by atoms with Gasteiger partial charge < -0.3 is 5.32 Å². The summed E-state index contributed by atoms with van der Waals surface area (Å²) in [5.74, 6) is 1.86. The lowest BCUT2D eigenvalue weighted by Crippen LogP contribution is -2.53. The van der Waals surface area contributed by atoms with Gasteiger partial charge in [-0.25, -0.2) is 0 Å². The maximum Gasteiger partial charge on any atom is 0.0108 e. The largest absolute Gasteiger partial charge is 0.317 e. The zero-order valence-corrected chi connectivity index (χ0v) is 9.63. The van der Waals surface area contributed by atoms with Gasteiger partial charge in [-0.1, -0.05) is 13.8 Å². The number of rotatable bonds is 2. The van der Waals surface area contributed by atoms with Gasteiger partial charge >= 0.3 is 0 Å². The van der Waals surface area contributed by atoms with Crippen LogP contribution < -0.4 is 5.32 Å². The van der Waals surface area contributed by atoms with Gasteiger partial charge in [-0.15, -0.1) is 0 Å². The number of hydrogen-bond acceptors (Lipinski definition) is 2. The van der Waals surface area contributed by atoms with E-state index in [4.69, 9.17) is 0 Å². The van der Waals surface area contributed by atoms with Crippen molar-refractivity contribution in [1.82, 2.24) is 10.2 Å². The molecule has 1 unspecified atom stereocenters. The second kappa shape index (κ2) is 4.63. The molecule has 0 aliphatic carbocycles. The molecule has 2 heteroatoms. The Balaban J connectivity index is 1.74. The Labute approximate surface area is 88.1 Å². The topological polar surface area (TPSA) is 15.3 Å². The predicted molar refractivity (Wildman–Crippen MR) is 60.4 cm³/mol. The van der Waals surface area contributed by atoms with Gasteiger partial charge in [0.1, 0.15) is 0 Å². The molecular weight excluding hydrogens is 172 g/mol. The molecule has 0 bridgehead atoms. The fraction of sp³-hybridized carbons (Fsp3) is 1.00. The highest BCUT2D eigenvalue weighted by atomic mass is 15.2. The molecule has 2 saturated heterocycles. The lowest BCUT2D eigenvalue weighted by Gasteiger charge is -2.46. The molecule has 2 aliphatic heterocycles. The summed E-state index contributed by atoms with van der Waals surface area (Å²) in [4.78, 5) is 2.71. The first kappa shape index (κ1) is 10.4. The molecule has 14 heavy (non-hydrogen) atoms. The van der Waals surface area contributed by atoms with Crippen LogP contribution in [0.4, 0.5) is 0 Å². The Kier molecular flexibility index (Phi) is 3.45. The summed E-state index contributed by atoms with van der Waals surface area (Å²) in [5.41, 5.74) is 0. The van der Waals surface area contributed by atoms with Crippen molar-refractivity contribution >= 4 is 0 Å². The van der Waals surface area contributed by atoms with E-state index >= 15 is 0 Å². The number of nitrogens with zero attached hydrogens (tertiary/aromatic N) is 1. The molecule has 0 saturated carbocycles. The molecule has 0 radical (unpaired) electrons. The molecule has 82 valence electrons. The molecule has 0 spiro atoms. The van der Waals surface area contributed by atoms with E-state index in [9.17, 15) is 0 Å². The summed E-state index contributed by atoms with van der Waals surface area (Å²) in [6.45, 7) is 9.91. The van der Waals surface area contributed by atoms with E-state index in [-0.39, 0.29) is 0 Å². The maximum atomic E-state index is 3.49. The van der Waals surface area contributed by atoms with Crippen LogP contribution in [0.2, 0.25) is 0 Å². The van der Waals surface area contributed by atoms with Crippen LogP contribution in [0.1, 0.15) is 33.1 Å². The quantitative estimate of drug-likeness (QED) is 0.723. The fourth-order valence-corrected chi connectivity index (χ4v) is 2.63. The number of hydrogen-bond donors (Lipinski definition) is 1. The van der Waals surface area contributed by atoms with Crippen LogP contribution in [-0.2, 0) is 0 Å². The first-order chi connectivity index (χ1) is 6.77. The van der Waals surface area contributed by atoms with Crippen LogP contribution in [0.3, 0.4) is 0 Å². The Bertz CT molecular complexity index is 165. The van der Waals surface area contributed by atoms with Gasteiger partial charge in [-0.3, -0.25) is 4.90 Å². The lowest BCUT2D eigenvalue weighted by atomic mass is 9.86. The second-order valence-electron chi connectivity index (χ2n) is 5.29. The Morgan fingerprint density at radius 3 is 2.64 bits per heavy atom. The zero-order chi connectivity index (χ0) is 9.97. The Morgan fingerprint density at radius 2 is 1.93 bits per heavy atom. The third kappa shape index (κ3) is 2.29. The van der Waals surface area contributed by atoms with Crippen LogP contribution in [0, 0.1) is 11.8 Å². The van der Waals surface area contributed by atoms with Crippen molar-refractivity contribution in [3.63, 3.8) is 0 Å². The average Bonchev–Trinajstić information content (AvgIpc) is 2.29. The van der Waals surface area contributed by atoms with Gasteiger partial charge in [0.2, 0.25) is 0 Å². The first-order valence-corrected chi connectivity index (χ1v) is 6.22. The summed E-state index contributed by atoms with van der Waals surface area (Å²) in [7, 11) is 0. The van der Waals surface area contributed by atoms with E-state index in [2.05, 4.69) is 24.1 Å². The highest BCUT2D eigenvalue weighted by Crippen LogP contribution is 2.28. The van der Waals surface area contributed by atoms with Crippen LogP contribution in [0.5, 0.6) is 0 Å². The summed E-state index contributed by atoms with van der Waals surface area (Å²) < 4.78 is 0. The molecule has 0 aromatic carbocycles. The molecule has 1 N–H and O–H groups in total. The van der Waals surface area contributed by atoms with Crippen LogP contribution in [0.15, 0.2) is 0 Å². The standard InChI is InChI=1S/C12H24N2/c1-10(2)11-8-14(9-11)12-4-3-6-13-7-5-12/h10-13H,3-9H2,1-2H3. The summed E-state index contributed by atoms with van der Waals surface area (Å²) in [6, 6.07) is 0.889. The van der Waals surface area contributed by atoms with Crippen molar-refractivity contribution in [1.29, 1.82) is 0 Å². The average molecular weight is 196 g/mol. The minimum Gasteiger partial charge on any atom is -0.317 e. The Hall–Kier alpha value is -0.0800. The molecule has 0 aromatic heterocycles. The minimum absolute atomic E-state index is 0.884. The predicted octanol–water partition coefficient (Wildman–Crippen LogP) is 1.72. The van der Waals surface area contributed by atoms with Crippen LogP contribution in [-0.4, -0.2) is 37.1 Å². The highest BCUT2D eigenvalue weighted by molar-refractivity contribution is 4.88. The normalized spacial score (nSPS) is 31.5. The van der Waals surface area contributed by atoms with Crippen molar-refractivity contribution in [2.45, 2.75) is 39.2 Å². The molecule has 0 aromatic rings. The summed E-state index contributed by atoms with van der Waals surface area (Å²) >= 11 is 0. The van der Waals surface area contributed by atoms with E-state index in [0.29, 0.717) is 0 Å². The van der Waals surface area contributed by atoms with Crippen molar-refractivity contribution < 1.29 is 0 Å². The number of likely N-dealkylation sites (tertiary alicyclic amines) is 1. The van der Waals surface area contributed by atoms with Gasteiger partial charge in [-0.2, -0.15) is 0 Å². The fourth-order valence-electron chi connectivity index (χ4n) is 2.63. The van der Waals surface area contributed by atoms with Gasteiger partial charge in [0.15, 0.2) is 0 Å². The number of nitrogens with one attached hydrogen (secondary N) is 1. The first-order valence-electron chi connectivity index (χ1n) is 6.22. The molecule has 2 heterocycles. The Morgan fingerprint density at radius 1 is 1.14 bits per heavy atom. The van der Waals surface area contributed by atoms with E-state index in [1.165, 1.54) is 45.4 Å². The minimum atomic E-state index is 0.884. The molecule has 2 nitrogen and oxygen atoms in total. The summed E-state index contributed by atoms with van der Waals surface area (Å²) in [5, 5.41) is 3.49. The maximum absolute atomic E-state index is 3.49. The van der Waals surface area contributed by atoms with Crippen molar-refractivity contribution in [2.75, 3.05) is 26.2 Å². The molecule has 0 amide bonds. The van der Waals surface area contributed by atoms with Gasteiger partial charge in [0, 0.05) is 19.1 Å². The molecule has 2 aliphatic rings. The monoisotopic (exact) mass is 196 g/mol. The van der Waals surface area contributed by atoms with Crippen molar-refractivity contribution in [3.05, 3.63) is 0 Å². The zero-order valence-electron chi connectivity index (χ0n) is 9.63. The van der Waals surface area contributed by atoms with Crippen LogP contribution in [0.25, 0.3) is 0 Å². The lowest BCUT2D eigenvalue weighted by molar-refractivity contribution is 0.0231. The summed E-state index contributed by atoms with van der Waals surface area (Å²) in [6.07, 6.45) is 4.15. The molecule has 2 rings (SSSR count). The second-order valence-corrected chi connectivity index (χ2v) is 5.29. The van der Waals surface area contributed by atoms with E-state index < -0.39 is 0 Å². The van der Waals surface area contributed by atoms with E-state index in [1.807, 2.05) is 0 Å². The third-order valence-electron chi connectivity index (χ3n) is 3.94. The van der Waals surface area contributed by atoms with Crippen molar-refractivity contribution in [2.24, 2.45) is 11.8 Å². The van der Waals surface area contributed by atoms with Crippen LogP contribution >= 0.6 is 0 Å². The van der Waals surface area contributed by atoms with E-state index in [0.717, 1.165) is 17.9 Å². The van der Waals surface area contributed by atoms with E-state index in [1.54, 1.807) is 0 Å². The smallest absolute Gasteiger partial charge is 0.0108 e. The van der Waals surface area contributed by atoms with Gasteiger partial charge in [-0.05, 0) is 44.2 Å². The SMILES string of the molecule is CC(C)C1CN(C2CCCNCC2)C1. The van der Waals surface area contributed by atoms with Crippen molar-refractivity contribution in [3.8, 4) is 0 Å². The molecular formula is C12H24N2. The highest BCUT2D eigenvalue weighted by Gasteiger charge is 2.33.